The van der Waals surface area contributed by atoms with Crippen LogP contribution in [0.5, 0.6) is 0 Å². The topological polar surface area (TPSA) is 38.0 Å². The van der Waals surface area contributed by atoms with Crippen LogP contribution in [0.25, 0.3) is 0 Å². The minimum absolute atomic E-state index is 0.339. The summed E-state index contributed by atoms with van der Waals surface area (Å²) >= 11 is 0. The molecule has 0 aliphatic heterocycles. The lowest BCUT2D eigenvalue weighted by Gasteiger charge is -2.28. The number of hydrogen-bond donors (Lipinski definition) is 2. The predicted molar refractivity (Wildman–Crippen MR) is 84.2 cm³/mol. The zero-order valence-corrected chi connectivity index (χ0v) is 12.6. The van der Waals surface area contributed by atoms with Crippen LogP contribution in [0.4, 0.5) is 0 Å². The number of nitrogens with two attached hydrogens (primary N) is 1. The van der Waals surface area contributed by atoms with E-state index in [1.54, 1.807) is 0 Å². The number of benzene rings is 1. The third kappa shape index (κ3) is 2.77. The molecule has 2 nitrogen and oxygen atoms in total. The van der Waals surface area contributed by atoms with Crippen LogP contribution < -0.4 is 11.3 Å². The smallest absolute Gasteiger partial charge is 0.0488 e. The molecule has 2 fully saturated rings. The van der Waals surface area contributed by atoms with Gasteiger partial charge in [0.05, 0.1) is 0 Å². The van der Waals surface area contributed by atoms with Gasteiger partial charge in [-0.3, -0.25) is 11.3 Å². The monoisotopic (exact) mass is 272 g/mol. The second-order valence-corrected chi connectivity index (χ2v) is 6.79. The van der Waals surface area contributed by atoms with Gasteiger partial charge in [-0.05, 0) is 54.6 Å². The highest BCUT2D eigenvalue weighted by Gasteiger charge is 2.31. The first-order valence-corrected chi connectivity index (χ1v) is 8.37. The minimum Gasteiger partial charge on any atom is -0.271 e. The van der Waals surface area contributed by atoms with Crippen molar-refractivity contribution in [2.45, 2.75) is 63.8 Å². The Kier molecular flexibility index (Phi) is 4.42. The van der Waals surface area contributed by atoms with Crippen LogP contribution in [0.15, 0.2) is 24.3 Å². The Bertz CT molecular complexity index is 439. The van der Waals surface area contributed by atoms with Gasteiger partial charge in [0.1, 0.15) is 0 Å². The van der Waals surface area contributed by atoms with Gasteiger partial charge in [-0.2, -0.15) is 0 Å². The maximum Gasteiger partial charge on any atom is 0.0488 e. The van der Waals surface area contributed by atoms with Gasteiger partial charge in [-0.15, -0.1) is 0 Å². The van der Waals surface area contributed by atoms with Crippen molar-refractivity contribution < 1.29 is 0 Å². The van der Waals surface area contributed by atoms with E-state index in [4.69, 9.17) is 5.84 Å². The molecule has 20 heavy (non-hydrogen) atoms. The summed E-state index contributed by atoms with van der Waals surface area (Å²) in [6.45, 7) is 2.31. The first kappa shape index (κ1) is 14.1. The largest absolute Gasteiger partial charge is 0.271 e. The van der Waals surface area contributed by atoms with Crippen molar-refractivity contribution in [1.82, 2.24) is 5.43 Å². The van der Waals surface area contributed by atoms with Crippen LogP contribution in [-0.4, -0.2) is 0 Å². The number of nitrogens with one attached hydrogen (secondary N) is 1. The predicted octanol–water partition coefficient (Wildman–Crippen LogP) is 4.28. The van der Waals surface area contributed by atoms with Crippen LogP contribution >= 0.6 is 0 Å². The van der Waals surface area contributed by atoms with Gasteiger partial charge in [0.15, 0.2) is 0 Å². The summed E-state index contributed by atoms with van der Waals surface area (Å²) in [6, 6.07) is 9.52. The standard InChI is InChI=1S/C18H28N2/c1-2-13-9-10-17(11-13)18(20-19)16-8-4-7-15(12-16)14-5-3-6-14/h4,7-8,12-14,17-18,20H,2-3,5-6,9-11,19H2,1H3. The quantitative estimate of drug-likeness (QED) is 0.620. The summed E-state index contributed by atoms with van der Waals surface area (Å²) < 4.78 is 0. The molecule has 1 aromatic rings. The molecule has 3 N–H and O–H groups in total. The zero-order valence-electron chi connectivity index (χ0n) is 12.6. The fourth-order valence-corrected chi connectivity index (χ4v) is 4.04. The molecule has 3 rings (SSSR count). The third-order valence-electron chi connectivity index (χ3n) is 5.66. The van der Waals surface area contributed by atoms with Crippen molar-refractivity contribution in [2.75, 3.05) is 0 Å². The first-order valence-electron chi connectivity index (χ1n) is 8.37. The Balaban J connectivity index is 1.75. The Labute approximate surface area is 123 Å². The van der Waals surface area contributed by atoms with Gasteiger partial charge in [0.25, 0.3) is 0 Å². The fraction of sp³-hybridized carbons (Fsp3) is 0.667. The van der Waals surface area contributed by atoms with Crippen LogP contribution in [-0.2, 0) is 0 Å². The maximum absolute atomic E-state index is 5.89. The normalized spacial score (nSPS) is 28.3. The average Bonchev–Trinajstić information content (AvgIpc) is 2.87. The van der Waals surface area contributed by atoms with Crippen molar-refractivity contribution in [1.29, 1.82) is 0 Å². The number of hydrazine groups is 1. The molecule has 0 saturated heterocycles. The highest BCUT2D eigenvalue weighted by Crippen LogP contribution is 2.42. The van der Waals surface area contributed by atoms with Crippen LogP contribution in [0, 0.1) is 11.8 Å². The molecule has 0 spiro atoms. The lowest BCUT2D eigenvalue weighted by atomic mass is 9.79. The van der Waals surface area contributed by atoms with E-state index >= 15 is 0 Å². The van der Waals surface area contributed by atoms with Crippen LogP contribution in [0.1, 0.15) is 75.0 Å². The molecule has 0 aromatic heterocycles. The maximum atomic E-state index is 5.89. The fourth-order valence-electron chi connectivity index (χ4n) is 4.04. The Morgan fingerprint density at radius 2 is 2.10 bits per heavy atom. The van der Waals surface area contributed by atoms with Crippen molar-refractivity contribution in [3.63, 3.8) is 0 Å². The van der Waals surface area contributed by atoms with Gasteiger partial charge in [-0.1, -0.05) is 50.5 Å². The van der Waals surface area contributed by atoms with Crippen molar-refractivity contribution in [3.8, 4) is 0 Å². The molecule has 2 aliphatic rings. The molecular weight excluding hydrogens is 244 g/mol. The first-order chi connectivity index (χ1) is 9.81. The van der Waals surface area contributed by atoms with Crippen LogP contribution in [0.2, 0.25) is 0 Å². The molecular formula is C18H28N2. The molecule has 2 saturated carbocycles. The summed E-state index contributed by atoms with van der Waals surface area (Å²) in [7, 11) is 0. The summed E-state index contributed by atoms with van der Waals surface area (Å²) in [5.74, 6) is 8.32. The van der Waals surface area contributed by atoms with E-state index < -0.39 is 0 Å². The highest BCUT2D eigenvalue weighted by molar-refractivity contribution is 5.30. The van der Waals surface area contributed by atoms with E-state index in [9.17, 15) is 0 Å². The molecule has 0 bridgehead atoms. The molecule has 0 amide bonds. The van der Waals surface area contributed by atoms with Gasteiger partial charge < -0.3 is 0 Å². The number of rotatable bonds is 5. The highest BCUT2D eigenvalue weighted by atomic mass is 15.2. The third-order valence-corrected chi connectivity index (χ3v) is 5.66. The summed E-state index contributed by atoms with van der Waals surface area (Å²) in [5.41, 5.74) is 6.04. The lowest BCUT2D eigenvalue weighted by Crippen LogP contribution is -2.33. The van der Waals surface area contributed by atoms with E-state index in [0.29, 0.717) is 12.0 Å². The second-order valence-electron chi connectivity index (χ2n) is 6.79. The van der Waals surface area contributed by atoms with E-state index in [1.165, 1.54) is 56.1 Å². The Hall–Kier alpha value is -0.860. The van der Waals surface area contributed by atoms with Gasteiger partial charge >= 0.3 is 0 Å². The number of hydrogen-bond acceptors (Lipinski definition) is 2. The summed E-state index contributed by atoms with van der Waals surface area (Å²) in [5, 5.41) is 0. The van der Waals surface area contributed by atoms with E-state index in [2.05, 4.69) is 36.6 Å². The van der Waals surface area contributed by atoms with Crippen molar-refractivity contribution in [3.05, 3.63) is 35.4 Å². The van der Waals surface area contributed by atoms with Gasteiger partial charge in [-0.25, -0.2) is 0 Å². The molecule has 0 radical (unpaired) electrons. The molecule has 110 valence electrons. The van der Waals surface area contributed by atoms with E-state index in [1.807, 2.05) is 0 Å². The average molecular weight is 272 g/mol. The lowest BCUT2D eigenvalue weighted by molar-refractivity contribution is 0.357. The van der Waals surface area contributed by atoms with Crippen molar-refractivity contribution >= 4 is 0 Å². The zero-order chi connectivity index (χ0) is 13.9. The van der Waals surface area contributed by atoms with Gasteiger partial charge in [0, 0.05) is 6.04 Å². The molecule has 1 aromatic carbocycles. The second kappa shape index (κ2) is 6.28. The summed E-state index contributed by atoms with van der Waals surface area (Å²) in [6.07, 6.45) is 9.48. The molecule has 2 heteroatoms. The molecule has 0 heterocycles. The van der Waals surface area contributed by atoms with Gasteiger partial charge in [0.2, 0.25) is 0 Å². The molecule has 3 unspecified atom stereocenters. The van der Waals surface area contributed by atoms with E-state index in [0.717, 1.165) is 11.8 Å². The van der Waals surface area contributed by atoms with Crippen molar-refractivity contribution in [2.24, 2.45) is 17.7 Å². The molecule has 3 atom stereocenters. The Morgan fingerprint density at radius 1 is 1.25 bits per heavy atom. The Morgan fingerprint density at radius 3 is 2.70 bits per heavy atom. The van der Waals surface area contributed by atoms with E-state index in [-0.39, 0.29) is 0 Å². The van der Waals surface area contributed by atoms with Crippen LogP contribution in [0.3, 0.4) is 0 Å². The summed E-state index contributed by atoms with van der Waals surface area (Å²) in [4.78, 5) is 0. The molecule has 2 aliphatic carbocycles. The minimum atomic E-state index is 0.339. The SMILES string of the molecule is CCC1CCC(C(NN)c2cccc(C3CCC3)c2)C1.